The minimum Gasteiger partial charge on any atom is -0.444 e. The van der Waals surface area contributed by atoms with Crippen LogP contribution in [0.4, 0.5) is 10.5 Å². The zero-order chi connectivity index (χ0) is 14.6. The highest BCUT2D eigenvalue weighted by atomic mass is 16.6. The minimum absolute atomic E-state index is 0.0916. The Balaban J connectivity index is 2.90. The first kappa shape index (κ1) is 15.5. The van der Waals surface area contributed by atoms with Crippen molar-refractivity contribution in [3.05, 3.63) is 28.8 Å². The molecule has 0 aromatic heterocycles. The van der Waals surface area contributed by atoms with Crippen molar-refractivity contribution in [2.75, 3.05) is 11.9 Å². The molecule has 0 atom stereocenters. The molecule has 0 saturated heterocycles. The number of rotatable bonds is 3. The Hall–Kier alpha value is -1.55. The van der Waals surface area contributed by atoms with E-state index in [9.17, 15) is 4.79 Å². The topological polar surface area (TPSA) is 58.6 Å². The zero-order valence-electron chi connectivity index (χ0n) is 12.3. The van der Waals surface area contributed by atoms with Crippen LogP contribution in [0.25, 0.3) is 0 Å². The second-order valence-corrected chi connectivity index (χ2v) is 5.69. The lowest BCUT2D eigenvalue weighted by Gasteiger charge is -2.20. The summed E-state index contributed by atoms with van der Waals surface area (Å²) in [6, 6.07) is 3.90. The van der Waals surface area contributed by atoms with Crippen LogP contribution in [0.15, 0.2) is 12.1 Å². The molecule has 4 nitrogen and oxygen atoms in total. The third-order valence-electron chi connectivity index (χ3n) is 2.76. The van der Waals surface area contributed by atoms with Crippen LogP contribution in [0.5, 0.6) is 0 Å². The summed E-state index contributed by atoms with van der Waals surface area (Å²) in [7, 11) is 0. The number of hydrogen-bond acceptors (Lipinski definition) is 3. The van der Waals surface area contributed by atoms with Gasteiger partial charge in [0.1, 0.15) is 5.60 Å². The van der Waals surface area contributed by atoms with E-state index in [-0.39, 0.29) is 6.61 Å². The molecule has 0 heterocycles. The molecule has 4 heteroatoms. The van der Waals surface area contributed by atoms with Crippen molar-refractivity contribution in [2.45, 2.75) is 46.6 Å². The highest BCUT2D eigenvalue weighted by Gasteiger charge is 2.17. The number of carbonyl (C=O) groups is 1. The fourth-order valence-electron chi connectivity index (χ4n) is 1.75. The number of hydrogen-bond donors (Lipinski definition) is 2. The Bertz CT molecular complexity index is 461. The van der Waals surface area contributed by atoms with E-state index in [4.69, 9.17) is 9.84 Å². The smallest absolute Gasteiger partial charge is 0.412 e. The summed E-state index contributed by atoms with van der Waals surface area (Å²) >= 11 is 0. The number of amides is 1. The van der Waals surface area contributed by atoms with E-state index in [1.54, 1.807) is 0 Å². The normalized spacial score (nSPS) is 11.3. The molecule has 19 heavy (non-hydrogen) atoms. The molecule has 0 unspecified atom stereocenters. The lowest BCUT2D eigenvalue weighted by atomic mass is 10.0. The molecule has 0 aliphatic heterocycles. The highest BCUT2D eigenvalue weighted by Crippen LogP contribution is 2.22. The summed E-state index contributed by atoms with van der Waals surface area (Å²) in [6.45, 7) is 9.50. The molecule has 0 spiro atoms. The van der Waals surface area contributed by atoms with E-state index in [2.05, 4.69) is 5.32 Å². The predicted molar refractivity (Wildman–Crippen MR) is 76.6 cm³/mol. The molecular weight excluding hydrogens is 242 g/mol. The number of nitrogens with one attached hydrogen (secondary N) is 1. The van der Waals surface area contributed by atoms with Crippen LogP contribution in [0.3, 0.4) is 0 Å². The SMILES string of the molecule is Cc1cc(CCO)cc(NC(=O)OC(C)(C)C)c1C. The Kier molecular flexibility index (Phi) is 4.95. The maximum atomic E-state index is 11.8. The summed E-state index contributed by atoms with van der Waals surface area (Å²) in [5.41, 5.74) is 3.30. The van der Waals surface area contributed by atoms with Gasteiger partial charge >= 0.3 is 6.09 Å². The molecule has 0 fully saturated rings. The van der Waals surface area contributed by atoms with Crippen molar-refractivity contribution in [3.63, 3.8) is 0 Å². The summed E-state index contributed by atoms with van der Waals surface area (Å²) in [5.74, 6) is 0. The fourth-order valence-corrected chi connectivity index (χ4v) is 1.75. The molecule has 1 amide bonds. The van der Waals surface area contributed by atoms with Crippen LogP contribution in [-0.2, 0) is 11.2 Å². The van der Waals surface area contributed by atoms with E-state index in [1.165, 1.54) is 0 Å². The Morgan fingerprint density at radius 3 is 2.47 bits per heavy atom. The number of benzene rings is 1. The monoisotopic (exact) mass is 265 g/mol. The lowest BCUT2D eigenvalue weighted by Crippen LogP contribution is -2.27. The molecule has 1 aromatic rings. The van der Waals surface area contributed by atoms with E-state index in [0.29, 0.717) is 6.42 Å². The maximum Gasteiger partial charge on any atom is 0.412 e. The molecule has 0 saturated carbocycles. The van der Waals surface area contributed by atoms with Crippen molar-refractivity contribution in [1.29, 1.82) is 0 Å². The molecule has 0 bridgehead atoms. The van der Waals surface area contributed by atoms with E-state index in [0.717, 1.165) is 22.4 Å². The van der Waals surface area contributed by atoms with Crippen LogP contribution < -0.4 is 5.32 Å². The van der Waals surface area contributed by atoms with Gasteiger partial charge in [-0.2, -0.15) is 0 Å². The second-order valence-electron chi connectivity index (χ2n) is 5.69. The Morgan fingerprint density at radius 1 is 1.32 bits per heavy atom. The number of carbonyl (C=O) groups excluding carboxylic acids is 1. The predicted octanol–water partition coefficient (Wildman–Crippen LogP) is 3.19. The number of aliphatic hydroxyl groups excluding tert-OH is 1. The largest absolute Gasteiger partial charge is 0.444 e. The van der Waals surface area contributed by atoms with Crippen molar-refractivity contribution in [2.24, 2.45) is 0 Å². The van der Waals surface area contributed by atoms with Gasteiger partial charge in [0.2, 0.25) is 0 Å². The van der Waals surface area contributed by atoms with E-state index < -0.39 is 11.7 Å². The van der Waals surface area contributed by atoms with E-state index in [1.807, 2.05) is 46.8 Å². The average molecular weight is 265 g/mol. The molecular formula is C15H23NO3. The van der Waals surface area contributed by atoms with Crippen LogP contribution in [0.1, 0.15) is 37.5 Å². The first-order chi connectivity index (χ1) is 8.73. The van der Waals surface area contributed by atoms with Gasteiger partial charge in [0.15, 0.2) is 0 Å². The van der Waals surface area contributed by atoms with Crippen LogP contribution in [0.2, 0.25) is 0 Å². The standard InChI is InChI=1S/C15H23NO3/c1-10-8-12(6-7-17)9-13(11(10)2)16-14(18)19-15(3,4)5/h8-9,17H,6-7H2,1-5H3,(H,16,18). The summed E-state index contributed by atoms with van der Waals surface area (Å²) in [6.07, 6.45) is 0.112. The Labute approximate surface area is 114 Å². The third kappa shape index (κ3) is 4.91. The summed E-state index contributed by atoms with van der Waals surface area (Å²) in [5, 5.41) is 11.8. The lowest BCUT2D eigenvalue weighted by molar-refractivity contribution is 0.0636. The van der Waals surface area contributed by atoms with Gasteiger partial charge in [0, 0.05) is 12.3 Å². The summed E-state index contributed by atoms with van der Waals surface area (Å²) < 4.78 is 5.24. The van der Waals surface area contributed by atoms with Gasteiger partial charge in [-0.15, -0.1) is 0 Å². The van der Waals surface area contributed by atoms with E-state index >= 15 is 0 Å². The summed E-state index contributed by atoms with van der Waals surface area (Å²) in [4.78, 5) is 11.8. The van der Waals surface area contributed by atoms with Gasteiger partial charge in [-0.05, 0) is 63.8 Å². The molecule has 1 aromatic carbocycles. The first-order valence-electron chi connectivity index (χ1n) is 6.44. The molecule has 0 aliphatic rings. The molecule has 106 valence electrons. The van der Waals surface area contributed by atoms with Crippen LogP contribution in [-0.4, -0.2) is 23.4 Å². The maximum absolute atomic E-state index is 11.8. The fraction of sp³-hybridized carbons (Fsp3) is 0.533. The number of ether oxygens (including phenoxy) is 1. The highest BCUT2D eigenvalue weighted by molar-refractivity contribution is 5.86. The van der Waals surface area contributed by atoms with Crippen molar-refractivity contribution in [3.8, 4) is 0 Å². The van der Waals surface area contributed by atoms with Crippen molar-refractivity contribution >= 4 is 11.8 Å². The Morgan fingerprint density at radius 2 is 1.95 bits per heavy atom. The van der Waals surface area contributed by atoms with Gasteiger partial charge in [0.05, 0.1) is 0 Å². The van der Waals surface area contributed by atoms with Crippen LogP contribution >= 0.6 is 0 Å². The number of anilines is 1. The third-order valence-corrected chi connectivity index (χ3v) is 2.76. The van der Waals surface area contributed by atoms with Crippen molar-refractivity contribution in [1.82, 2.24) is 0 Å². The van der Waals surface area contributed by atoms with Gasteiger partial charge in [0.25, 0.3) is 0 Å². The van der Waals surface area contributed by atoms with Gasteiger partial charge in [-0.3, -0.25) is 5.32 Å². The van der Waals surface area contributed by atoms with Gasteiger partial charge in [-0.25, -0.2) is 4.79 Å². The number of aliphatic hydroxyl groups is 1. The quantitative estimate of drug-likeness (QED) is 0.882. The molecule has 0 radical (unpaired) electrons. The first-order valence-corrected chi connectivity index (χ1v) is 6.44. The zero-order valence-corrected chi connectivity index (χ0v) is 12.3. The second kappa shape index (κ2) is 6.06. The average Bonchev–Trinajstić information content (AvgIpc) is 2.23. The molecule has 0 aliphatic carbocycles. The molecule has 1 rings (SSSR count). The van der Waals surface area contributed by atoms with Crippen molar-refractivity contribution < 1.29 is 14.6 Å². The van der Waals surface area contributed by atoms with Gasteiger partial charge in [-0.1, -0.05) is 6.07 Å². The number of aryl methyl sites for hydroxylation is 1. The molecule has 2 N–H and O–H groups in total. The minimum atomic E-state index is -0.518. The van der Waals surface area contributed by atoms with Crippen LogP contribution in [0, 0.1) is 13.8 Å². The van der Waals surface area contributed by atoms with Gasteiger partial charge < -0.3 is 9.84 Å².